The lowest BCUT2D eigenvalue weighted by atomic mass is 10.1. The number of carbonyl (C=O) groups excluding carboxylic acids is 2. The van der Waals surface area contributed by atoms with Crippen molar-refractivity contribution in [2.45, 2.75) is 25.2 Å². The molecule has 0 aliphatic heterocycles. The Hall–Kier alpha value is -1.02. The van der Waals surface area contributed by atoms with Gasteiger partial charge in [-0.2, -0.15) is 0 Å². The SMILES string of the molecule is CC(=O)OCC(=O)C(O)C(O)C(O)CO. The first-order valence-electron chi connectivity index (χ1n) is 4.21. The molecule has 7 nitrogen and oxygen atoms in total. The van der Waals surface area contributed by atoms with E-state index in [0.29, 0.717) is 0 Å². The number of aliphatic hydroxyl groups excluding tert-OH is 4. The summed E-state index contributed by atoms with van der Waals surface area (Å²) in [7, 11) is 0. The smallest absolute Gasteiger partial charge is 0.303 e. The van der Waals surface area contributed by atoms with Gasteiger partial charge in [0.2, 0.25) is 5.78 Å². The zero-order chi connectivity index (χ0) is 12.0. The van der Waals surface area contributed by atoms with Crippen molar-refractivity contribution in [3.05, 3.63) is 0 Å². The van der Waals surface area contributed by atoms with Gasteiger partial charge in [-0.25, -0.2) is 0 Å². The summed E-state index contributed by atoms with van der Waals surface area (Å²) < 4.78 is 4.28. The molecule has 0 amide bonds. The molecule has 3 atom stereocenters. The van der Waals surface area contributed by atoms with E-state index in [1.807, 2.05) is 0 Å². The van der Waals surface area contributed by atoms with Gasteiger partial charge in [0, 0.05) is 6.92 Å². The quantitative estimate of drug-likeness (QED) is 0.357. The molecule has 0 aromatic rings. The number of Topliss-reactive ketones (excluding diaryl/α,β-unsaturated/α-hetero) is 1. The molecular formula is C8H14O7. The van der Waals surface area contributed by atoms with E-state index in [-0.39, 0.29) is 0 Å². The van der Waals surface area contributed by atoms with Crippen LogP contribution < -0.4 is 0 Å². The maximum Gasteiger partial charge on any atom is 0.303 e. The zero-order valence-corrected chi connectivity index (χ0v) is 8.16. The fraction of sp³-hybridized carbons (Fsp3) is 0.750. The average Bonchev–Trinajstić information content (AvgIpc) is 2.22. The van der Waals surface area contributed by atoms with Crippen molar-refractivity contribution in [1.82, 2.24) is 0 Å². The average molecular weight is 222 g/mol. The molecule has 4 N–H and O–H groups in total. The molecule has 0 radical (unpaired) electrons. The summed E-state index contributed by atoms with van der Waals surface area (Å²) in [4.78, 5) is 21.4. The van der Waals surface area contributed by atoms with Gasteiger partial charge in [-0.1, -0.05) is 0 Å². The third-order valence-electron chi connectivity index (χ3n) is 1.65. The van der Waals surface area contributed by atoms with Gasteiger partial charge in [-0.3, -0.25) is 9.59 Å². The zero-order valence-electron chi connectivity index (χ0n) is 8.16. The fourth-order valence-electron chi connectivity index (χ4n) is 0.767. The van der Waals surface area contributed by atoms with E-state index in [2.05, 4.69) is 4.74 Å². The number of hydrogen-bond donors (Lipinski definition) is 4. The summed E-state index contributed by atoms with van der Waals surface area (Å²) in [5.74, 6) is -1.65. The molecule has 0 saturated heterocycles. The van der Waals surface area contributed by atoms with Crippen molar-refractivity contribution in [1.29, 1.82) is 0 Å². The van der Waals surface area contributed by atoms with Crippen LogP contribution >= 0.6 is 0 Å². The number of rotatable bonds is 6. The predicted molar refractivity (Wildman–Crippen MR) is 46.7 cm³/mol. The summed E-state index contributed by atoms with van der Waals surface area (Å²) in [6.45, 7) is -0.399. The third kappa shape index (κ3) is 4.84. The Morgan fingerprint density at radius 3 is 2.20 bits per heavy atom. The van der Waals surface area contributed by atoms with Crippen molar-refractivity contribution in [3.63, 3.8) is 0 Å². The predicted octanol–water partition coefficient (Wildman–Crippen LogP) is -2.81. The van der Waals surface area contributed by atoms with Gasteiger partial charge in [0.25, 0.3) is 0 Å². The van der Waals surface area contributed by atoms with Gasteiger partial charge < -0.3 is 25.2 Å². The Bertz CT molecular complexity index is 227. The van der Waals surface area contributed by atoms with Crippen molar-refractivity contribution in [2.24, 2.45) is 0 Å². The van der Waals surface area contributed by atoms with Crippen LogP contribution in [0, 0.1) is 0 Å². The Labute approximate surface area is 85.9 Å². The van der Waals surface area contributed by atoms with Crippen LogP contribution in [-0.2, 0) is 14.3 Å². The number of carbonyl (C=O) groups is 2. The second-order valence-corrected chi connectivity index (χ2v) is 2.93. The molecular weight excluding hydrogens is 208 g/mol. The van der Waals surface area contributed by atoms with Gasteiger partial charge in [0.05, 0.1) is 6.61 Å². The summed E-state index contributed by atoms with van der Waals surface area (Å²) >= 11 is 0. The van der Waals surface area contributed by atoms with E-state index < -0.39 is 43.3 Å². The molecule has 0 aromatic carbocycles. The molecule has 0 fully saturated rings. The van der Waals surface area contributed by atoms with E-state index in [0.717, 1.165) is 6.92 Å². The lowest BCUT2D eigenvalue weighted by molar-refractivity contribution is -0.153. The molecule has 7 heteroatoms. The van der Waals surface area contributed by atoms with Crippen LogP contribution in [0.15, 0.2) is 0 Å². The van der Waals surface area contributed by atoms with Crippen LogP contribution in [0.3, 0.4) is 0 Å². The monoisotopic (exact) mass is 222 g/mol. The minimum atomic E-state index is -1.90. The molecule has 15 heavy (non-hydrogen) atoms. The third-order valence-corrected chi connectivity index (χ3v) is 1.65. The molecule has 0 bridgehead atoms. The summed E-state index contributed by atoms with van der Waals surface area (Å²) in [6.07, 6.45) is -5.33. The lowest BCUT2D eigenvalue weighted by Crippen LogP contribution is -2.45. The highest BCUT2D eigenvalue weighted by molar-refractivity contribution is 5.86. The second kappa shape index (κ2) is 6.46. The Kier molecular flexibility index (Phi) is 6.02. The Morgan fingerprint density at radius 2 is 1.80 bits per heavy atom. The summed E-state index contributed by atoms with van der Waals surface area (Å²) in [5, 5.41) is 35.6. The molecule has 88 valence electrons. The summed E-state index contributed by atoms with van der Waals surface area (Å²) in [6, 6.07) is 0. The van der Waals surface area contributed by atoms with Crippen molar-refractivity contribution in [2.75, 3.05) is 13.2 Å². The molecule has 3 unspecified atom stereocenters. The summed E-state index contributed by atoms with van der Waals surface area (Å²) in [5.41, 5.74) is 0. The van der Waals surface area contributed by atoms with Crippen LogP contribution in [0.1, 0.15) is 6.92 Å². The van der Waals surface area contributed by atoms with Gasteiger partial charge in [-0.05, 0) is 0 Å². The molecule has 0 heterocycles. The molecule has 0 rings (SSSR count). The van der Waals surface area contributed by atoms with E-state index in [1.165, 1.54) is 0 Å². The van der Waals surface area contributed by atoms with Crippen molar-refractivity contribution < 1.29 is 34.8 Å². The largest absolute Gasteiger partial charge is 0.458 e. The van der Waals surface area contributed by atoms with Crippen LogP contribution in [0.4, 0.5) is 0 Å². The van der Waals surface area contributed by atoms with Gasteiger partial charge >= 0.3 is 5.97 Å². The van der Waals surface area contributed by atoms with E-state index in [1.54, 1.807) is 0 Å². The van der Waals surface area contributed by atoms with Gasteiger partial charge in [-0.15, -0.1) is 0 Å². The first-order valence-corrected chi connectivity index (χ1v) is 4.21. The minimum Gasteiger partial charge on any atom is -0.458 e. The van der Waals surface area contributed by atoms with Gasteiger partial charge in [0.15, 0.2) is 6.61 Å². The van der Waals surface area contributed by atoms with E-state index in [4.69, 9.17) is 20.4 Å². The first kappa shape index (κ1) is 14.0. The highest BCUT2D eigenvalue weighted by Gasteiger charge is 2.30. The Balaban J connectivity index is 4.13. The van der Waals surface area contributed by atoms with Crippen LogP contribution in [0.5, 0.6) is 0 Å². The number of ether oxygens (including phenoxy) is 1. The highest BCUT2D eigenvalue weighted by atomic mass is 16.5. The lowest BCUT2D eigenvalue weighted by Gasteiger charge is -2.20. The minimum absolute atomic E-state index is 0.689. The van der Waals surface area contributed by atoms with Crippen LogP contribution in [-0.4, -0.2) is 63.7 Å². The Morgan fingerprint density at radius 1 is 1.27 bits per heavy atom. The maximum absolute atomic E-state index is 11.0. The molecule has 0 aliphatic carbocycles. The molecule has 0 spiro atoms. The second-order valence-electron chi connectivity index (χ2n) is 2.93. The normalized spacial score (nSPS) is 16.6. The van der Waals surface area contributed by atoms with Crippen LogP contribution in [0.2, 0.25) is 0 Å². The van der Waals surface area contributed by atoms with Crippen LogP contribution in [0.25, 0.3) is 0 Å². The fourth-order valence-corrected chi connectivity index (χ4v) is 0.767. The van der Waals surface area contributed by atoms with E-state index >= 15 is 0 Å². The topological polar surface area (TPSA) is 124 Å². The number of esters is 1. The number of aliphatic hydroxyl groups is 4. The number of hydrogen-bond acceptors (Lipinski definition) is 7. The number of ketones is 1. The van der Waals surface area contributed by atoms with Crippen molar-refractivity contribution in [3.8, 4) is 0 Å². The molecule has 0 saturated carbocycles. The molecule has 0 aromatic heterocycles. The molecule has 0 aliphatic rings. The standard InChI is InChI=1S/C8H14O7/c1-4(10)15-3-6(12)8(14)7(13)5(11)2-9/h5,7-9,11,13-14H,2-3H2,1H3. The maximum atomic E-state index is 11.0. The van der Waals surface area contributed by atoms with Crippen molar-refractivity contribution >= 4 is 11.8 Å². The van der Waals surface area contributed by atoms with Gasteiger partial charge in [0.1, 0.15) is 18.3 Å². The highest BCUT2D eigenvalue weighted by Crippen LogP contribution is 2.01. The van der Waals surface area contributed by atoms with E-state index in [9.17, 15) is 9.59 Å². The first-order chi connectivity index (χ1) is 6.90.